The van der Waals surface area contributed by atoms with Gasteiger partial charge in [0.05, 0.1) is 5.69 Å². The number of hydrogen-bond acceptors (Lipinski definition) is 5. The number of hydrogen-bond donors (Lipinski definition) is 2. The average molecular weight is 414 g/mol. The third-order valence-corrected chi connectivity index (χ3v) is 5.60. The Labute approximate surface area is 167 Å². The summed E-state index contributed by atoms with van der Waals surface area (Å²) in [5, 5.41) is 2.55. The van der Waals surface area contributed by atoms with Crippen LogP contribution in [0.4, 0.5) is 10.5 Å². The lowest BCUT2D eigenvalue weighted by atomic mass is 9.93. The standard InChI is InChI=1S/C20H31NO6S/c1-14-10-11-17(28(23,24)25)18(21-19(22)27-20(2,3)4)16(14)9-5-7-15-8-6-12-26-13-15/h10-11,15H,5-9,12-13H2,1-4H3,(H,21,22)(H,23,24,25)/t15-/m1/s1. The molecule has 7 nitrogen and oxygen atoms in total. The fraction of sp³-hybridized carbons (Fsp3) is 0.650. The highest BCUT2D eigenvalue weighted by molar-refractivity contribution is 7.86. The minimum atomic E-state index is -4.50. The summed E-state index contributed by atoms with van der Waals surface area (Å²) in [7, 11) is -4.50. The van der Waals surface area contributed by atoms with E-state index in [1.165, 1.54) is 6.07 Å². The van der Waals surface area contributed by atoms with Gasteiger partial charge < -0.3 is 9.47 Å². The largest absolute Gasteiger partial charge is 0.444 e. The predicted octanol–water partition coefficient (Wildman–Crippen LogP) is 4.34. The highest BCUT2D eigenvalue weighted by Crippen LogP contribution is 2.31. The van der Waals surface area contributed by atoms with Crippen LogP contribution in [0.1, 0.15) is 57.6 Å². The topological polar surface area (TPSA) is 102 Å². The minimum Gasteiger partial charge on any atom is -0.444 e. The van der Waals surface area contributed by atoms with Crippen molar-refractivity contribution in [2.24, 2.45) is 5.92 Å². The predicted molar refractivity (Wildman–Crippen MR) is 107 cm³/mol. The van der Waals surface area contributed by atoms with Crippen LogP contribution in [-0.2, 0) is 26.0 Å². The first-order valence-corrected chi connectivity index (χ1v) is 11.1. The molecule has 1 aromatic rings. The van der Waals surface area contributed by atoms with E-state index in [0.29, 0.717) is 17.9 Å². The van der Waals surface area contributed by atoms with Crippen LogP contribution in [0.5, 0.6) is 0 Å². The smallest absolute Gasteiger partial charge is 0.412 e. The van der Waals surface area contributed by atoms with Gasteiger partial charge in [-0.1, -0.05) is 6.07 Å². The molecule has 2 rings (SSSR count). The first-order chi connectivity index (χ1) is 13.0. The van der Waals surface area contributed by atoms with Crippen LogP contribution >= 0.6 is 0 Å². The summed E-state index contributed by atoms with van der Waals surface area (Å²) in [4.78, 5) is 11.9. The highest BCUT2D eigenvalue weighted by atomic mass is 32.2. The molecule has 1 aromatic carbocycles. The van der Waals surface area contributed by atoms with E-state index in [9.17, 15) is 17.8 Å². The molecule has 158 valence electrons. The molecule has 1 fully saturated rings. The summed E-state index contributed by atoms with van der Waals surface area (Å²) in [5.41, 5.74) is 0.903. The van der Waals surface area contributed by atoms with Crippen molar-refractivity contribution in [3.8, 4) is 0 Å². The van der Waals surface area contributed by atoms with Crippen molar-refractivity contribution >= 4 is 21.9 Å². The molecule has 1 heterocycles. The van der Waals surface area contributed by atoms with Gasteiger partial charge in [-0.15, -0.1) is 0 Å². The van der Waals surface area contributed by atoms with Crippen molar-refractivity contribution < 1.29 is 27.2 Å². The van der Waals surface area contributed by atoms with Crippen LogP contribution < -0.4 is 5.32 Å². The highest BCUT2D eigenvalue weighted by Gasteiger charge is 2.24. The van der Waals surface area contributed by atoms with E-state index < -0.39 is 21.8 Å². The summed E-state index contributed by atoms with van der Waals surface area (Å²) in [6.45, 7) is 8.59. The molecule has 1 saturated heterocycles. The van der Waals surface area contributed by atoms with Crippen LogP contribution in [0.3, 0.4) is 0 Å². The first-order valence-electron chi connectivity index (χ1n) is 9.65. The second-order valence-electron chi connectivity index (χ2n) is 8.31. The zero-order valence-corrected chi connectivity index (χ0v) is 17.9. The first kappa shape index (κ1) is 22.6. The van der Waals surface area contributed by atoms with E-state index in [2.05, 4.69) is 5.32 Å². The Morgan fingerprint density at radius 2 is 2.07 bits per heavy atom. The SMILES string of the molecule is Cc1ccc(S(=O)(=O)O)c(NC(=O)OC(C)(C)C)c1CCC[C@@H]1CCCOC1. The molecule has 1 aliphatic rings. The van der Waals surface area contributed by atoms with Crippen molar-refractivity contribution in [3.63, 3.8) is 0 Å². The zero-order chi connectivity index (χ0) is 20.9. The number of amides is 1. The molecule has 0 spiro atoms. The summed E-state index contributed by atoms with van der Waals surface area (Å²) in [5.74, 6) is 0.501. The molecular weight excluding hydrogens is 382 g/mol. The number of ether oxygens (including phenoxy) is 2. The van der Waals surface area contributed by atoms with Gasteiger partial charge >= 0.3 is 6.09 Å². The summed E-state index contributed by atoms with van der Waals surface area (Å²) in [6, 6.07) is 2.94. The molecule has 0 bridgehead atoms. The lowest BCUT2D eigenvalue weighted by Gasteiger charge is -2.23. The van der Waals surface area contributed by atoms with E-state index in [1.54, 1.807) is 26.8 Å². The normalized spacial score (nSPS) is 18.0. The van der Waals surface area contributed by atoms with Gasteiger partial charge in [-0.3, -0.25) is 9.87 Å². The quantitative estimate of drug-likeness (QED) is 0.673. The molecule has 0 saturated carbocycles. The fourth-order valence-electron chi connectivity index (χ4n) is 3.41. The van der Waals surface area contributed by atoms with Crippen molar-refractivity contribution in [2.45, 2.75) is 70.3 Å². The molecule has 28 heavy (non-hydrogen) atoms. The lowest BCUT2D eigenvalue weighted by Crippen LogP contribution is -2.28. The maximum atomic E-state index is 12.3. The summed E-state index contributed by atoms with van der Waals surface area (Å²) in [6.07, 6.45) is 3.80. The molecule has 1 atom stereocenters. The third kappa shape index (κ3) is 6.76. The van der Waals surface area contributed by atoms with E-state index in [4.69, 9.17) is 9.47 Å². The Hall–Kier alpha value is -1.64. The number of aryl methyl sites for hydroxylation is 1. The number of benzene rings is 1. The van der Waals surface area contributed by atoms with Gasteiger partial charge in [0.1, 0.15) is 10.5 Å². The Morgan fingerprint density at radius 3 is 2.64 bits per heavy atom. The molecule has 0 radical (unpaired) electrons. The van der Waals surface area contributed by atoms with Gasteiger partial charge in [0.2, 0.25) is 0 Å². The van der Waals surface area contributed by atoms with Crippen LogP contribution in [-0.4, -0.2) is 37.9 Å². The number of carbonyl (C=O) groups excluding carboxylic acids is 1. The number of rotatable bonds is 6. The van der Waals surface area contributed by atoms with Crippen molar-refractivity contribution in [1.82, 2.24) is 0 Å². The van der Waals surface area contributed by atoms with Crippen LogP contribution in [0.25, 0.3) is 0 Å². The van der Waals surface area contributed by atoms with Crippen LogP contribution in [0.15, 0.2) is 17.0 Å². The number of nitrogens with one attached hydrogen (secondary N) is 1. The molecule has 1 amide bonds. The Kier molecular flexibility index (Phi) is 7.47. The maximum absolute atomic E-state index is 12.3. The third-order valence-electron chi connectivity index (χ3n) is 4.71. The second kappa shape index (κ2) is 9.24. The van der Waals surface area contributed by atoms with Gasteiger partial charge in [-0.25, -0.2) is 4.79 Å². The molecule has 8 heteroatoms. The molecular formula is C20H31NO6S. The van der Waals surface area contributed by atoms with Gasteiger partial charge in [-0.2, -0.15) is 8.42 Å². The second-order valence-corrected chi connectivity index (χ2v) is 9.70. The van der Waals surface area contributed by atoms with Crippen molar-refractivity contribution in [1.29, 1.82) is 0 Å². The maximum Gasteiger partial charge on any atom is 0.412 e. The van der Waals surface area contributed by atoms with Gasteiger partial charge in [0.25, 0.3) is 10.1 Å². The van der Waals surface area contributed by atoms with Gasteiger partial charge in [0, 0.05) is 13.2 Å². The van der Waals surface area contributed by atoms with E-state index in [1.807, 2.05) is 6.92 Å². The van der Waals surface area contributed by atoms with Crippen molar-refractivity contribution in [2.75, 3.05) is 18.5 Å². The van der Waals surface area contributed by atoms with E-state index in [-0.39, 0.29) is 10.6 Å². The molecule has 0 aliphatic carbocycles. The summed E-state index contributed by atoms with van der Waals surface area (Å²) >= 11 is 0. The molecule has 1 aliphatic heterocycles. The average Bonchev–Trinajstić information content (AvgIpc) is 2.55. The molecule has 2 N–H and O–H groups in total. The van der Waals surface area contributed by atoms with Crippen molar-refractivity contribution in [3.05, 3.63) is 23.3 Å². The monoisotopic (exact) mass is 413 g/mol. The number of carbonyl (C=O) groups is 1. The lowest BCUT2D eigenvalue weighted by molar-refractivity contribution is 0.0510. The van der Waals surface area contributed by atoms with Gasteiger partial charge in [0.15, 0.2) is 0 Å². The minimum absolute atomic E-state index is 0.0941. The summed E-state index contributed by atoms with van der Waals surface area (Å²) < 4.78 is 44.1. The Bertz CT molecular complexity index is 792. The molecule has 0 aromatic heterocycles. The van der Waals surface area contributed by atoms with Crippen LogP contribution in [0, 0.1) is 12.8 Å². The zero-order valence-electron chi connectivity index (χ0n) is 17.1. The van der Waals surface area contributed by atoms with E-state index >= 15 is 0 Å². The molecule has 0 unspecified atom stereocenters. The Morgan fingerprint density at radius 1 is 1.36 bits per heavy atom. The van der Waals surface area contributed by atoms with E-state index in [0.717, 1.165) is 44.5 Å². The fourth-order valence-corrected chi connectivity index (χ4v) is 4.09. The Balaban J connectivity index is 2.24. The number of anilines is 1. The van der Waals surface area contributed by atoms with Crippen LogP contribution in [0.2, 0.25) is 0 Å². The van der Waals surface area contributed by atoms with Gasteiger partial charge in [-0.05, 0) is 82.9 Å².